The topological polar surface area (TPSA) is 32.3 Å². The van der Waals surface area contributed by atoms with Gasteiger partial charge in [0.25, 0.3) is 0 Å². The zero-order chi connectivity index (χ0) is 14.8. The Morgan fingerprint density at radius 3 is 2.75 bits per heavy atom. The van der Waals surface area contributed by atoms with E-state index in [-0.39, 0.29) is 24.1 Å². The van der Waals surface area contributed by atoms with Crippen LogP contribution in [-0.4, -0.2) is 30.4 Å². The minimum atomic E-state index is -4.36. The SMILES string of the molecule is CNC(=O)C1CCCN1Cc1ccccc1C(F)(F)F. The van der Waals surface area contributed by atoms with Crippen molar-refractivity contribution in [3.63, 3.8) is 0 Å². The number of alkyl halides is 3. The van der Waals surface area contributed by atoms with E-state index in [0.717, 1.165) is 12.5 Å². The molecule has 1 aliphatic rings. The maximum atomic E-state index is 12.9. The normalized spacial score (nSPS) is 20.1. The van der Waals surface area contributed by atoms with E-state index in [1.165, 1.54) is 12.1 Å². The van der Waals surface area contributed by atoms with E-state index in [0.29, 0.717) is 13.0 Å². The van der Waals surface area contributed by atoms with Crippen LogP contribution in [0.2, 0.25) is 0 Å². The van der Waals surface area contributed by atoms with Gasteiger partial charge in [0, 0.05) is 13.6 Å². The summed E-state index contributed by atoms with van der Waals surface area (Å²) < 4.78 is 38.8. The highest BCUT2D eigenvalue weighted by Crippen LogP contribution is 2.33. The highest BCUT2D eigenvalue weighted by atomic mass is 19.4. The molecule has 0 spiro atoms. The third kappa shape index (κ3) is 3.12. The summed E-state index contributed by atoms with van der Waals surface area (Å²) in [5, 5.41) is 2.56. The summed E-state index contributed by atoms with van der Waals surface area (Å²) in [6.45, 7) is 0.790. The number of carbonyl (C=O) groups excluding carboxylic acids is 1. The predicted octanol–water partition coefficient (Wildman–Crippen LogP) is 2.42. The first-order valence-electron chi connectivity index (χ1n) is 6.54. The summed E-state index contributed by atoms with van der Waals surface area (Å²) in [5.74, 6) is -0.132. The number of nitrogens with one attached hydrogen (secondary N) is 1. The number of hydrogen-bond acceptors (Lipinski definition) is 2. The van der Waals surface area contributed by atoms with Crippen LogP contribution in [0.15, 0.2) is 24.3 Å². The number of halogens is 3. The minimum absolute atomic E-state index is 0.132. The van der Waals surface area contributed by atoms with Gasteiger partial charge in [-0.3, -0.25) is 9.69 Å². The summed E-state index contributed by atoms with van der Waals surface area (Å²) in [6, 6.07) is 5.20. The van der Waals surface area contributed by atoms with Gasteiger partial charge >= 0.3 is 6.18 Å². The third-order valence-corrected chi connectivity index (χ3v) is 3.61. The number of nitrogens with zero attached hydrogens (tertiary/aromatic N) is 1. The fraction of sp³-hybridized carbons (Fsp3) is 0.500. The maximum absolute atomic E-state index is 12.9. The number of rotatable bonds is 3. The van der Waals surface area contributed by atoms with Crippen molar-refractivity contribution in [3.8, 4) is 0 Å². The standard InChI is InChI=1S/C14H17F3N2O/c1-18-13(20)12-7-4-8-19(12)9-10-5-2-3-6-11(10)14(15,16)17/h2-3,5-6,12H,4,7-9H2,1H3,(H,18,20). The van der Waals surface area contributed by atoms with Crippen molar-refractivity contribution in [3.05, 3.63) is 35.4 Å². The molecule has 6 heteroatoms. The highest BCUT2D eigenvalue weighted by Gasteiger charge is 2.35. The number of carbonyl (C=O) groups is 1. The molecule has 3 nitrogen and oxygen atoms in total. The van der Waals surface area contributed by atoms with Crippen molar-refractivity contribution in [2.24, 2.45) is 0 Å². The molecule has 20 heavy (non-hydrogen) atoms. The van der Waals surface area contributed by atoms with Crippen LogP contribution in [0.5, 0.6) is 0 Å². The fourth-order valence-electron chi connectivity index (χ4n) is 2.63. The molecule has 0 radical (unpaired) electrons. The van der Waals surface area contributed by atoms with E-state index in [4.69, 9.17) is 0 Å². The Morgan fingerprint density at radius 1 is 1.40 bits per heavy atom. The van der Waals surface area contributed by atoms with Gasteiger partial charge in [-0.05, 0) is 31.0 Å². The molecule has 1 amide bonds. The van der Waals surface area contributed by atoms with E-state index in [2.05, 4.69) is 5.32 Å². The van der Waals surface area contributed by atoms with E-state index in [1.807, 2.05) is 4.90 Å². The molecule has 1 fully saturated rings. The summed E-state index contributed by atoms with van der Waals surface area (Å²) in [7, 11) is 1.54. The average molecular weight is 286 g/mol. The predicted molar refractivity (Wildman–Crippen MR) is 68.9 cm³/mol. The van der Waals surface area contributed by atoms with Crippen LogP contribution in [-0.2, 0) is 17.5 Å². The summed E-state index contributed by atoms with van der Waals surface area (Å²) in [5.41, 5.74) is -0.404. The van der Waals surface area contributed by atoms with Crippen LogP contribution in [0.3, 0.4) is 0 Å². The Kier molecular flexibility index (Phi) is 4.32. The van der Waals surface area contributed by atoms with Crippen molar-refractivity contribution in [1.82, 2.24) is 10.2 Å². The quantitative estimate of drug-likeness (QED) is 0.925. The van der Waals surface area contributed by atoms with Crippen molar-refractivity contribution < 1.29 is 18.0 Å². The molecule has 110 valence electrons. The second-order valence-electron chi connectivity index (χ2n) is 4.90. The molecule has 1 aromatic rings. The summed E-state index contributed by atoms with van der Waals surface area (Å²) in [6.07, 6.45) is -2.85. The summed E-state index contributed by atoms with van der Waals surface area (Å²) >= 11 is 0. The Bertz CT molecular complexity index is 488. The highest BCUT2D eigenvalue weighted by molar-refractivity contribution is 5.81. The third-order valence-electron chi connectivity index (χ3n) is 3.61. The maximum Gasteiger partial charge on any atom is 0.416 e. The largest absolute Gasteiger partial charge is 0.416 e. The lowest BCUT2D eigenvalue weighted by Crippen LogP contribution is -2.41. The lowest BCUT2D eigenvalue weighted by atomic mass is 10.1. The van der Waals surface area contributed by atoms with Gasteiger partial charge in [-0.2, -0.15) is 13.2 Å². The molecule has 0 bridgehead atoms. The molecule has 0 aromatic heterocycles. The average Bonchev–Trinajstić information content (AvgIpc) is 2.85. The molecule has 1 unspecified atom stereocenters. The van der Waals surface area contributed by atoms with Gasteiger partial charge < -0.3 is 5.32 Å². The number of likely N-dealkylation sites (tertiary alicyclic amines) is 1. The number of hydrogen-bond donors (Lipinski definition) is 1. The van der Waals surface area contributed by atoms with Gasteiger partial charge in [0.1, 0.15) is 0 Å². The van der Waals surface area contributed by atoms with Crippen molar-refractivity contribution >= 4 is 5.91 Å². The van der Waals surface area contributed by atoms with Crippen molar-refractivity contribution in [2.75, 3.05) is 13.6 Å². The van der Waals surface area contributed by atoms with E-state index < -0.39 is 11.7 Å². The molecule has 0 aliphatic carbocycles. The number of amides is 1. The van der Waals surface area contributed by atoms with Gasteiger partial charge in [0.2, 0.25) is 5.91 Å². The zero-order valence-corrected chi connectivity index (χ0v) is 11.2. The van der Waals surface area contributed by atoms with Crippen molar-refractivity contribution in [1.29, 1.82) is 0 Å². The first-order chi connectivity index (χ1) is 9.43. The molecular formula is C14H17F3N2O. The molecule has 0 saturated carbocycles. The monoisotopic (exact) mass is 286 g/mol. The Hall–Kier alpha value is -1.56. The van der Waals surface area contributed by atoms with Crippen molar-refractivity contribution in [2.45, 2.75) is 31.6 Å². The van der Waals surface area contributed by atoms with E-state index in [9.17, 15) is 18.0 Å². The molecule has 1 saturated heterocycles. The number of benzene rings is 1. The van der Waals surface area contributed by atoms with Crippen LogP contribution in [0, 0.1) is 0 Å². The smallest absolute Gasteiger partial charge is 0.358 e. The lowest BCUT2D eigenvalue weighted by Gasteiger charge is -2.24. The molecule has 2 rings (SSSR count). The van der Waals surface area contributed by atoms with Crippen LogP contribution >= 0.6 is 0 Å². The fourth-order valence-corrected chi connectivity index (χ4v) is 2.63. The molecular weight excluding hydrogens is 269 g/mol. The second-order valence-corrected chi connectivity index (χ2v) is 4.90. The van der Waals surface area contributed by atoms with E-state index in [1.54, 1.807) is 13.1 Å². The van der Waals surface area contributed by atoms with Crippen LogP contribution in [0.25, 0.3) is 0 Å². The van der Waals surface area contributed by atoms with Crippen LogP contribution in [0.4, 0.5) is 13.2 Å². The zero-order valence-electron chi connectivity index (χ0n) is 11.2. The molecule has 1 atom stereocenters. The van der Waals surface area contributed by atoms with E-state index >= 15 is 0 Å². The molecule has 1 N–H and O–H groups in total. The summed E-state index contributed by atoms with van der Waals surface area (Å²) in [4.78, 5) is 13.5. The van der Waals surface area contributed by atoms with Gasteiger partial charge in [-0.1, -0.05) is 18.2 Å². The Morgan fingerprint density at radius 2 is 2.10 bits per heavy atom. The van der Waals surface area contributed by atoms with Gasteiger partial charge in [-0.15, -0.1) is 0 Å². The van der Waals surface area contributed by atoms with Gasteiger partial charge in [-0.25, -0.2) is 0 Å². The van der Waals surface area contributed by atoms with Crippen LogP contribution < -0.4 is 5.32 Å². The van der Waals surface area contributed by atoms with Gasteiger partial charge in [0.05, 0.1) is 11.6 Å². The van der Waals surface area contributed by atoms with Crippen LogP contribution in [0.1, 0.15) is 24.0 Å². The Balaban J connectivity index is 2.20. The first kappa shape index (κ1) is 14.8. The minimum Gasteiger partial charge on any atom is -0.358 e. The lowest BCUT2D eigenvalue weighted by molar-refractivity contribution is -0.138. The second kappa shape index (κ2) is 5.83. The number of likely N-dealkylation sites (N-methyl/N-ethyl adjacent to an activating group) is 1. The molecule has 1 heterocycles. The Labute approximate surface area is 115 Å². The molecule has 1 aromatic carbocycles. The first-order valence-corrected chi connectivity index (χ1v) is 6.54. The van der Waals surface area contributed by atoms with Gasteiger partial charge in [0.15, 0.2) is 0 Å². The molecule has 1 aliphatic heterocycles.